The van der Waals surface area contributed by atoms with Crippen LogP contribution in [0.3, 0.4) is 0 Å². The summed E-state index contributed by atoms with van der Waals surface area (Å²) in [5.74, 6) is 0.324. The average molecular weight is 221 g/mol. The Kier molecular flexibility index (Phi) is 4.83. The van der Waals surface area contributed by atoms with Gasteiger partial charge in [-0.25, -0.2) is 0 Å². The first-order valence-corrected chi connectivity index (χ1v) is 5.36. The van der Waals surface area contributed by atoms with E-state index in [1.165, 1.54) is 11.8 Å². The molecule has 6 heteroatoms. The standard InChI is InChI=1S/C8H15NO4S/c1-5-9-2-6(11)8(12)7(3-10)13-4-14-5/h6-8,10-12H,2-4H2,1H3/b9-5-/t6-,7-,8+/m1/s1. The highest BCUT2D eigenvalue weighted by atomic mass is 32.2. The predicted octanol–water partition coefficient (Wildman–Crippen LogP) is -0.792. The third-order valence-corrected chi connectivity index (χ3v) is 2.81. The number of aliphatic imine (C=N–C) groups is 1. The molecule has 0 saturated carbocycles. The van der Waals surface area contributed by atoms with Crippen LogP contribution in [-0.4, -0.2) is 57.8 Å². The Hall–Kier alpha value is -0.140. The highest BCUT2D eigenvalue weighted by Gasteiger charge is 2.27. The van der Waals surface area contributed by atoms with Gasteiger partial charge >= 0.3 is 0 Å². The Balaban J connectivity index is 2.64. The van der Waals surface area contributed by atoms with Gasteiger partial charge in [-0.2, -0.15) is 0 Å². The van der Waals surface area contributed by atoms with Crippen LogP contribution in [-0.2, 0) is 4.74 Å². The van der Waals surface area contributed by atoms with Crippen LogP contribution >= 0.6 is 11.8 Å². The van der Waals surface area contributed by atoms with E-state index in [1.807, 2.05) is 6.92 Å². The monoisotopic (exact) mass is 221 g/mol. The van der Waals surface area contributed by atoms with E-state index in [1.54, 1.807) is 0 Å². The Bertz CT molecular complexity index is 212. The number of nitrogens with zero attached hydrogens (tertiary/aromatic N) is 1. The minimum absolute atomic E-state index is 0.139. The van der Waals surface area contributed by atoms with Gasteiger partial charge in [-0.1, -0.05) is 11.8 Å². The summed E-state index contributed by atoms with van der Waals surface area (Å²) in [5.41, 5.74) is 0. The van der Waals surface area contributed by atoms with Crippen molar-refractivity contribution in [3.63, 3.8) is 0 Å². The molecule has 1 aliphatic rings. The Labute approximate surface area is 86.8 Å². The summed E-state index contributed by atoms with van der Waals surface area (Å²) >= 11 is 1.38. The number of ether oxygens (including phenoxy) is 1. The van der Waals surface area contributed by atoms with Gasteiger partial charge in [-0.05, 0) is 6.92 Å². The SMILES string of the molecule is C/C1=N/C[C@@H](O)[C@H](O)[C@@H](CO)OCS1. The van der Waals surface area contributed by atoms with Gasteiger partial charge in [0.15, 0.2) is 0 Å². The molecule has 0 aliphatic carbocycles. The molecule has 0 aromatic carbocycles. The normalized spacial score (nSPS) is 39.1. The fraction of sp³-hybridized carbons (Fsp3) is 0.875. The fourth-order valence-electron chi connectivity index (χ4n) is 1.09. The van der Waals surface area contributed by atoms with E-state index in [0.717, 1.165) is 5.04 Å². The molecule has 5 nitrogen and oxygen atoms in total. The van der Waals surface area contributed by atoms with E-state index >= 15 is 0 Å². The summed E-state index contributed by atoms with van der Waals surface area (Å²) in [6.07, 6.45) is -2.81. The predicted molar refractivity (Wildman–Crippen MR) is 54.4 cm³/mol. The van der Waals surface area contributed by atoms with E-state index in [9.17, 15) is 10.2 Å². The highest BCUT2D eigenvalue weighted by molar-refractivity contribution is 8.13. The summed E-state index contributed by atoms with van der Waals surface area (Å²) in [5, 5.41) is 28.7. The third-order valence-electron chi connectivity index (χ3n) is 2.01. The molecule has 3 N–H and O–H groups in total. The highest BCUT2D eigenvalue weighted by Crippen LogP contribution is 2.13. The van der Waals surface area contributed by atoms with Crippen molar-refractivity contribution in [2.45, 2.75) is 25.2 Å². The second-order valence-corrected chi connectivity index (χ2v) is 4.18. The van der Waals surface area contributed by atoms with Gasteiger partial charge in [-0.15, -0.1) is 0 Å². The van der Waals surface area contributed by atoms with Gasteiger partial charge in [0, 0.05) is 0 Å². The molecule has 1 rings (SSSR count). The molecule has 1 aliphatic heterocycles. The summed E-state index contributed by atoms with van der Waals surface area (Å²) in [4.78, 5) is 4.05. The maximum Gasteiger partial charge on any atom is 0.110 e. The molecule has 0 spiro atoms. The van der Waals surface area contributed by atoms with Crippen LogP contribution in [0.1, 0.15) is 6.92 Å². The first-order chi connectivity index (χ1) is 6.65. The molecular weight excluding hydrogens is 206 g/mol. The maximum absolute atomic E-state index is 9.54. The molecule has 3 atom stereocenters. The van der Waals surface area contributed by atoms with Crippen molar-refractivity contribution in [2.75, 3.05) is 19.1 Å². The second-order valence-electron chi connectivity index (χ2n) is 3.07. The zero-order valence-electron chi connectivity index (χ0n) is 7.96. The van der Waals surface area contributed by atoms with Gasteiger partial charge in [0.05, 0.1) is 24.1 Å². The van der Waals surface area contributed by atoms with Gasteiger partial charge in [-0.3, -0.25) is 4.99 Å². The molecule has 0 bridgehead atoms. The molecule has 0 amide bonds. The smallest absolute Gasteiger partial charge is 0.110 e. The van der Waals surface area contributed by atoms with Crippen molar-refractivity contribution in [1.82, 2.24) is 0 Å². The molecule has 82 valence electrons. The van der Waals surface area contributed by atoms with Crippen LogP contribution in [0.25, 0.3) is 0 Å². The van der Waals surface area contributed by atoms with E-state index in [4.69, 9.17) is 9.84 Å². The van der Waals surface area contributed by atoms with Crippen molar-refractivity contribution >= 4 is 16.8 Å². The molecule has 0 fully saturated rings. The molecule has 0 saturated heterocycles. The van der Waals surface area contributed by atoms with E-state index in [2.05, 4.69) is 4.99 Å². The van der Waals surface area contributed by atoms with Crippen LogP contribution in [0.15, 0.2) is 4.99 Å². The number of thioether (sulfide) groups is 1. The Morgan fingerprint density at radius 1 is 1.57 bits per heavy atom. The van der Waals surface area contributed by atoms with E-state index < -0.39 is 18.3 Å². The molecule has 0 radical (unpaired) electrons. The molecule has 0 aromatic heterocycles. The van der Waals surface area contributed by atoms with E-state index in [-0.39, 0.29) is 13.2 Å². The van der Waals surface area contributed by atoms with Crippen LogP contribution in [0.5, 0.6) is 0 Å². The van der Waals surface area contributed by atoms with Gasteiger partial charge in [0.1, 0.15) is 18.3 Å². The fourth-order valence-corrected chi connectivity index (χ4v) is 1.67. The lowest BCUT2D eigenvalue weighted by atomic mass is 10.1. The largest absolute Gasteiger partial charge is 0.394 e. The lowest BCUT2D eigenvalue weighted by Gasteiger charge is -2.23. The van der Waals surface area contributed by atoms with Crippen molar-refractivity contribution < 1.29 is 20.1 Å². The molecule has 14 heavy (non-hydrogen) atoms. The summed E-state index contributed by atoms with van der Waals surface area (Å²) in [7, 11) is 0. The minimum atomic E-state index is -1.09. The second kappa shape index (κ2) is 5.67. The molecule has 0 aromatic rings. The minimum Gasteiger partial charge on any atom is -0.394 e. The van der Waals surface area contributed by atoms with Crippen molar-refractivity contribution in [3.8, 4) is 0 Å². The molecule has 1 heterocycles. The Morgan fingerprint density at radius 3 is 2.93 bits per heavy atom. The van der Waals surface area contributed by atoms with E-state index in [0.29, 0.717) is 5.94 Å². The lowest BCUT2D eigenvalue weighted by Crippen LogP contribution is -2.42. The number of hydrogen-bond donors (Lipinski definition) is 3. The van der Waals surface area contributed by atoms with Crippen molar-refractivity contribution in [3.05, 3.63) is 0 Å². The van der Waals surface area contributed by atoms with Crippen LogP contribution in [0.2, 0.25) is 0 Å². The first-order valence-electron chi connectivity index (χ1n) is 4.37. The Morgan fingerprint density at radius 2 is 2.29 bits per heavy atom. The van der Waals surface area contributed by atoms with Crippen molar-refractivity contribution in [2.24, 2.45) is 4.99 Å². The van der Waals surface area contributed by atoms with Gasteiger partial charge < -0.3 is 20.1 Å². The number of aliphatic hydroxyl groups excluding tert-OH is 3. The van der Waals surface area contributed by atoms with Crippen molar-refractivity contribution in [1.29, 1.82) is 0 Å². The summed E-state index contributed by atoms with van der Waals surface area (Å²) in [6, 6.07) is 0. The topological polar surface area (TPSA) is 82.3 Å². The third kappa shape index (κ3) is 3.21. The zero-order valence-corrected chi connectivity index (χ0v) is 8.78. The number of hydrogen-bond acceptors (Lipinski definition) is 6. The molecule has 0 unspecified atom stereocenters. The summed E-state index contributed by atoms with van der Waals surface area (Å²) < 4.78 is 5.19. The quantitative estimate of drug-likeness (QED) is 0.540. The summed E-state index contributed by atoms with van der Waals surface area (Å²) in [6.45, 7) is 1.64. The average Bonchev–Trinajstić information content (AvgIpc) is 2.23. The van der Waals surface area contributed by atoms with Gasteiger partial charge in [0.2, 0.25) is 0 Å². The first kappa shape index (κ1) is 11.9. The zero-order chi connectivity index (χ0) is 10.6. The lowest BCUT2D eigenvalue weighted by molar-refractivity contribution is -0.0925. The number of aliphatic hydroxyl groups is 3. The maximum atomic E-state index is 9.54. The number of rotatable bonds is 1. The van der Waals surface area contributed by atoms with Crippen LogP contribution in [0.4, 0.5) is 0 Å². The van der Waals surface area contributed by atoms with Crippen LogP contribution < -0.4 is 0 Å². The molecular formula is C8H15NO4S. The van der Waals surface area contributed by atoms with Crippen LogP contribution in [0, 0.1) is 0 Å². The van der Waals surface area contributed by atoms with Gasteiger partial charge in [0.25, 0.3) is 0 Å².